The molecule has 6 nitrogen and oxygen atoms in total. The third-order valence-corrected chi connectivity index (χ3v) is 3.16. The van der Waals surface area contributed by atoms with Crippen molar-refractivity contribution in [3.63, 3.8) is 0 Å². The van der Waals surface area contributed by atoms with Crippen molar-refractivity contribution >= 4 is 12.0 Å². The van der Waals surface area contributed by atoms with E-state index in [0.717, 1.165) is 5.56 Å². The molecule has 0 aromatic heterocycles. The van der Waals surface area contributed by atoms with Crippen LogP contribution in [-0.4, -0.2) is 36.9 Å². The summed E-state index contributed by atoms with van der Waals surface area (Å²) >= 11 is 0. The van der Waals surface area contributed by atoms with Crippen LogP contribution in [0.15, 0.2) is 24.3 Å². The number of nitrogens with one attached hydrogen (secondary N) is 2. The van der Waals surface area contributed by atoms with Gasteiger partial charge in [-0.1, -0.05) is 26.0 Å². The van der Waals surface area contributed by atoms with Gasteiger partial charge in [0.15, 0.2) is 0 Å². The van der Waals surface area contributed by atoms with Gasteiger partial charge in [0.1, 0.15) is 0 Å². The topological polar surface area (TPSA) is 87.7 Å². The van der Waals surface area contributed by atoms with Crippen LogP contribution in [0.4, 0.5) is 4.79 Å². The standard InChI is InChI=1S/C15H22N2O4/c1-10(2)13(21-3)9-17-15(20)16-8-11-4-6-12(7-5-11)14(18)19/h4-7,10,13H,8-9H2,1-3H3,(H,18,19)(H2,16,17,20). The average molecular weight is 294 g/mol. The number of aromatic carboxylic acids is 1. The molecule has 1 atom stereocenters. The molecule has 0 bridgehead atoms. The van der Waals surface area contributed by atoms with Gasteiger partial charge in [-0.15, -0.1) is 0 Å². The first-order chi connectivity index (χ1) is 9.93. The summed E-state index contributed by atoms with van der Waals surface area (Å²) in [6, 6.07) is 6.10. The Labute approximate surface area is 124 Å². The highest BCUT2D eigenvalue weighted by molar-refractivity contribution is 5.87. The molecule has 1 unspecified atom stereocenters. The summed E-state index contributed by atoms with van der Waals surface area (Å²) in [4.78, 5) is 22.4. The van der Waals surface area contributed by atoms with E-state index in [2.05, 4.69) is 10.6 Å². The van der Waals surface area contributed by atoms with Gasteiger partial charge >= 0.3 is 12.0 Å². The summed E-state index contributed by atoms with van der Waals surface area (Å²) in [6.07, 6.45) is -0.0226. The van der Waals surface area contributed by atoms with Crippen LogP contribution in [-0.2, 0) is 11.3 Å². The van der Waals surface area contributed by atoms with Crippen molar-refractivity contribution in [2.24, 2.45) is 5.92 Å². The van der Waals surface area contributed by atoms with E-state index in [9.17, 15) is 9.59 Å². The van der Waals surface area contributed by atoms with Crippen LogP contribution >= 0.6 is 0 Å². The number of carbonyl (C=O) groups is 2. The van der Waals surface area contributed by atoms with E-state index in [0.29, 0.717) is 19.0 Å². The molecule has 0 aliphatic heterocycles. The molecule has 0 saturated carbocycles. The molecule has 0 heterocycles. The number of ether oxygens (including phenoxy) is 1. The normalized spacial score (nSPS) is 12.0. The summed E-state index contributed by atoms with van der Waals surface area (Å²) in [5, 5.41) is 14.3. The Kier molecular flexibility index (Phi) is 6.68. The Morgan fingerprint density at radius 3 is 2.29 bits per heavy atom. The van der Waals surface area contributed by atoms with Gasteiger partial charge in [0.25, 0.3) is 0 Å². The quantitative estimate of drug-likeness (QED) is 0.716. The van der Waals surface area contributed by atoms with E-state index in [1.165, 1.54) is 12.1 Å². The lowest BCUT2D eigenvalue weighted by Gasteiger charge is -2.19. The minimum absolute atomic E-state index is 0.0226. The number of methoxy groups -OCH3 is 1. The van der Waals surface area contributed by atoms with Crippen LogP contribution in [0.1, 0.15) is 29.8 Å². The van der Waals surface area contributed by atoms with Crippen molar-refractivity contribution in [3.8, 4) is 0 Å². The number of amides is 2. The summed E-state index contributed by atoms with van der Waals surface area (Å²) < 4.78 is 5.26. The van der Waals surface area contributed by atoms with Gasteiger partial charge in [-0.25, -0.2) is 9.59 Å². The third kappa shape index (κ3) is 5.83. The molecule has 0 saturated heterocycles. The second kappa shape index (κ2) is 8.26. The molecule has 1 aromatic carbocycles. The number of carboxylic acids is 1. The number of carbonyl (C=O) groups excluding carboxylic acids is 1. The summed E-state index contributed by atoms with van der Waals surface area (Å²) in [5.41, 5.74) is 1.06. The Morgan fingerprint density at radius 2 is 1.81 bits per heavy atom. The Hall–Kier alpha value is -2.08. The minimum atomic E-state index is -0.966. The minimum Gasteiger partial charge on any atom is -0.478 e. The predicted molar refractivity (Wildman–Crippen MR) is 79.3 cm³/mol. The molecule has 0 spiro atoms. The molecule has 0 aliphatic carbocycles. The van der Waals surface area contributed by atoms with Crippen molar-refractivity contribution in [3.05, 3.63) is 35.4 Å². The molecule has 6 heteroatoms. The number of carboxylic acid groups (broad SMARTS) is 1. The Bertz CT molecular complexity index is 471. The summed E-state index contributed by atoms with van der Waals surface area (Å²) in [7, 11) is 1.62. The molecule has 21 heavy (non-hydrogen) atoms. The molecule has 2 amide bonds. The molecule has 116 valence electrons. The zero-order valence-corrected chi connectivity index (χ0v) is 12.6. The highest BCUT2D eigenvalue weighted by atomic mass is 16.5. The summed E-state index contributed by atoms with van der Waals surface area (Å²) in [5.74, 6) is -0.648. The van der Waals surface area contributed by atoms with Crippen molar-refractivity contribution in [2.75, 3.05) is 13.7 Å². The fourth-order valence-electron chi connectivity index (χ4n) is 1.79. The largest absolute Gasteiger partial charge is 0.478 e. The molecular weight excluding hydrogens is 272 g/mol. The lowest BCUT2D eigenvalue weighted by atomic mass is 10.1. The third-order valence-electron chi connectivity index (χ3n) is 3.16. The average Bonchev–Trinajstić information content (AvgIpc) is 2.45. The van der Waals surface area contributed by atoms with E-state index in [-0.39, 0.29) is 17.7 Å². The van der Waals surface area contributed by atoms with Crippen LogP contribution in [0, 0.1) is 5.92 Å². The summed E-state index contributed by atoms with van der Waals surface area (Å²) in [6.45, 7) is 4.83. The molecule has 0 fully saturated rings. The number of hydrogen-bond acceptors (Lipinski definition) is 3. The van der Waals surface area contributed by atoms with E-state index in [4.69, 9.17) is 9.84 Å². The van der Waals surface area contributed by atoms with Crippen LogP contribution in [0.3, 0.4) is 0 Å². The van der Waals surface area contributed by atoms with Gasteiger partial charge in [0, 0.05) is 20.2 Å². The molecule has 1 aromatic rings. The molecular formula is C15H22N2O4. The van der Waals surface area contributed by atoms with Gasteiger partial charge in [-0.3, -0.25) is 0 Å². The maximum Gasteiger partial charge on any atom is 0.335 e. The van der Waals surface area contributed by atoms with E-state index >= 15 is 0 Å². The van der Waals surface area contributed by atoms with Gasteiger partial charge < -0.3 is 20.5 Å². The smallest absolute Gasteiger partial charge is 0.335 e. The Balaban J connectivity index is 2.37. The first-order valence-corrected chi connectivity index (χ1v) is 6.80. The first-order valence-electron chi connectivity index (χ1n) is 6.80. The van der Waals surface area contributed by atoms with E-state index < -0.39 is 5.97 Å². The van der Waals surface area contributed by atoms with Crippen LogP contribution in [0.25, 0.3) is 0 Å². The maximum atomic E-state index is 11.7. The van der Waals surface area contributed by atoms with Gasteiger partial charge in [0.05, 0.1) is 11.7 Å². The van der Waals surface area contributed by atoms with Crippen LogP contribution in [0.5, 0.6) is 0 Å². The van der Waals surface area contributed by atoms with Crippen molar-refractivity contribution < 1.29 is 19.4 Å². The number of urea groups is 1. The monoisotopic (exact) mass is 294 g/mol. The second-order valence-electron chi connectivity index (χ2n) is 5.08. The molecule has 0 radical (unpaired) electrons. The first kappa shape index (κ1) is 17.0. The van der Waals surface area contributed by atoms with Crippen LogP contribution in [0.2, 0.25) is 0 Å². The molecule has 1 rings (SSSR count). The lowest BCUT2D eigenvalue weighted by molar-refractivity contribution is 0.0666. The zero-order valence-electron chi connectivity index (χ0n) is 12.6. The second-order valence-corrected chi connectivity index (χ2v) is 5.08. The van der Waals surface area contributed by atoms with Gasteiger partial charge in [-0.05, 0) is 23.6 Å². The highest BCUT2D eigenvalue weighted by Gasteiger charge is 2.13. The highest BCUT2D eigenvalue weighted by Crippen LogP contribution is 2.05. The maximum absolute atomic E-state index is 11.7. The number of rotatable bonds is 7. The van der Waals surface area contributed by atoms with Crippen molar-refractivity contribution in [2.45, 2.75) is 26.5 Å². The van der Waals surface area contributed by atoms with E-state index in [1.54, 1.807) is 19.2 Å². The van der Waals surface area contributed by atoms with Crippen molar-refractivity contribution in [1.82, 2.24) is 10.6 Å². The number of benzene rings is 1. The SMILES string of the molecule is COC(CNC(=O)NCc1ccc(C(=O)O)cc1)C(C)C. The van der Waals surface area contributed by atoms with E-state index in [1.807, 2.05) is 13.8 Å². The molecule has 3 N–H and O–H groups in total. The van der Waals surface area contributed by atoms with Gasteiger partial charge in [-0.2, -0.15) is 0 Å². The van der Waals surface area contributed by atoms with Gasteiger partial charge in [0.2, 0.25) is 0 Å². The van der Waals surface area contributed by atoms with Crippen LogP contribution < -0.4 is 10.6 Å². The number of hydrogen-bond donors (Lipinski definition) is 3. The van der Waals surface area contributed by atoms with Crippen molar-refractivity contribution in [1.29, 1.82) is 0 Å². The fourth-order valence-corrected chi connectivity index (χ4v) is 1.79. The fraction of sp³-hybridized carbons (Fsp3) is 0.467. The Morgan fingerprint density at radius 1 is 1.19 bits per heavy atom. The lowest BCUT2D eigenvalue weighted by Crippen LogP contribution is -2.41. The molecule has 0 aliphatic rings. The predicted octanol–water partition coefficient (Wildman–Crippen LogP) is 1.85. The zero-order chi connectivity index (χ0) is 15.8.